The summed E-state index contributed by atoms with van der Waals surface area (Å²) in [5.41, 5.74) is 1.61. The van der Waals surface area contributed by atoms with Gasteiger partial charge < -0.3 is 18.8 Å². The summed E-state index contributed by atoms with van der Waals surface area (Å²) < 4.78 is 16.5. The molecule has 0 aliphatic carbocycles. The largest absolute Gasteiger partial charge is 0.481 e. The molecule has 1 fully saturated rings. The molecule has 0 bridgehead atoms. The molecule has 1 atom stereocenters. The Labute approximate surface area is 146 Å². The summed E-state index contributed by atoms with van der Waals surface area (Å²) in [6, 6.07) is 5.31. The highest BCUT2D eigenvalue weighted by Crippen LogP contribution is 2.24. The maximum atomic E-state index is 12.5. The van der Waals surface area contributed by atoms with Crippen LogP contribution < -0.4 is 10.4 Å². The van der Waals surface area contributed by atoms with Crippen molar-refractivity contribution in [3.8, 4) is 5.75 Å². The molecule has 6 nitrogen and oxygen atoms in total. The Bertz CT molecular complexity index is 834. The number of hydrogen-bond donors (Lipinski definition) is 0. The normalized spacial score (nSPS) is 16.5. The highest BCUT2D eigenvalue weighted by molar-refractivity contribution is 5.83. The lowest BCUT2D eigenvalue weighted by molar-refractivity contribution is -0.138. The topological polar surface area (TPSA) is 69.0 Å². The second-order valence-corrected chi connectivity index (χ2v) is 6.35. The van der Waals surface area contributed by atoms with Crippen LogP contribution in [-0.2, 0) is 9.53 Å². The standard InChI is InChI=1S/C19H23NO5/c1-12-13(2)19(22)25-17-11-15(5-6-16(12)17)24-14(3)18(21)20-7-4-9-23-10-8-20/h5-6,11,14H,4,7-10H2,1-3H3. The predicted molar refractivity (Wildman–Crippen MR) is 94.1 cm³/mol. The summed E-state index contributed by atoms with van der Waals surface area (Å²) in [7, 11) is 0. The van der Waals surface area contributed by atoms with Crippen molar-refractivity contribution in [1.82, 2.24) is 4.90 Å². The Kier molecular flexibility index (Phi) is 5.08. The quantitative estimate of drug-likeness (QED) is 0.799. The van der Waals surface area contributed by atoms with E-state index in [2.05, 4.69) is 0 Å². The number of carbonyl (C=O) groups is 1. The van der Waals surface area contributed by atoms with Crippen molar-refractivity contribution in [3.63, 3.8) is 0 Å². The Morgan fingerprint density at radius 3 is 2.80 bits per heavy atom. The van der Waals surface area contributed by atoms with Crippen molar-refractivity contribution in [2.24, 2.45) is 0 Å². The van der Waals surface area contributed by atoms with E-state index < -0.39 is 6.10 Å². The van der Waals surface area contributed by atoms with Gasteiger partial charge in [-0.25, -0.2) is 4.79 Å². The van der Waals surface area contributed by atoms with Crippen LogP contribution in [0.25, 0.3) is 11.0 Å². The lowest BCUT2D eigenvalue weighted by Gasteiger charge is -2.24. The highest BCUT2D eigenvalue weighted by atomic mass is 16.5. The van der Waals surface area contributed by atoms with Crippen LogP contribution in [0.1, 0.15) is 24.5 Å². The van der Waals surface area contributed by atoms with Crippen molar-refractivity contribution in [3.05, 3.63) is 39.7 Å². The number of aryl methyl sites for hydroxylation is 1. The molecule has 1 aromatic carbocycles. The molecule has 6 heteroatoms. The molecular formula is C19H23NO5. The van der Waals surface area contributed by atoms with E-state index in [9.17, 15) is 9.59 Å². The minimum absolute atomic E-state index is 0.0628. The van der Waals surface area contributed by atoms with Crippen molar-refractivity contribution in [1.29, 1.82) is 0 Å². The Hall–Kier alpha value is -2.34. The number of hydrogen-bond acceptors (Lipinski definition) is 5. The maximum Gasteiger partial charge on any atom is 0.339 e. The number of carbonyl (C=O) groups excluding carboxylic acids is 1. The van der Waals surface area contributed by atoms with E-state index in [1.807, 2.05) is 13.0 Å². The maximum absolute atomic E-state index is 12.5. The molecule has 0 spiro atoms. The van der Waals surface area contributed by atoms with Gasteiger partial charge >= 0.3 is 5.63 Å². The van der Waals surface area contributed by atoms with Gasteiger partial charge in [-0.05, 0) is 44.9 Å². The second kappa shape index (κ2) is 7.27. The fraction of sp³-hybridized carbons (Fsp3) is 0.474. The summed E-state index contributed by atoms with van der Waals surface area (Å²) in [6.07, 6.45) is 0.215. The number of benzene rings is 1. The number of nitrogens with zero attached hydrogens (tertiary/aromatic N) is 1. The van der Waals surface area contributed by atoms with E-state index in [0.29, 0.717) is 43.2 Å². The molecule has 0 saturated carbocycles. The van der Waals surface area contributed by atoms with Gasteiger partial charge in [0.1, 0.15) is 11.3 Å². The van der Waals surface area contributed by atoms with E-state index in [0.717, 1.165) is 17.4 Å². The van der Waals surface area contributed by atoms with Crippen LogP contribution in [-0.4, -0.2) is 43.2 Å². The third kappa shape index (κ3) is 3.69. The highest BCUT2D eigenvalue weighted by Gasteiger charge is 2.23. The summed E-state index contributed by atoms with van der Waals surface area (Å²) in [4.78, 5) is 26.2. The van der Waals surface area contributed by atoms with Crippen molar-refractivity contribution in [2.75, 3.05) is 26.3 Å². The number of rotatable bonds is 3. The molecule has 1 unspecified atom stereocenters. The van der Waals surface area contributed by atoms with Crippen LogP contribution in [0.5, 0.6) is 5.75 Å². The molecule has 1 aromatic heterocycles. The third-order valence-electron chi connectivity index (χ3n) is 4.62. The van der Waals surface area contributed by atoms with E-state index in [4.69, 9.17) is 13.9 Å². The number of fused-ring (bicyclic) bond motifs is 1. The number of ether oxygens (including phenoxy) is 2. The first-order chi connectivity index (χ1) is 12.0. The molecule has 3 rings (SSSR count). The average Bonchev–Trinajstić information content (AvgIpc) is 2.88. The van der Waals surface area contributed by atoms with Crippen LogP contribution in [0.3, 0.4) is 0 Å². The van der Waals surface area contributed by atoms with Gasteiger partial charge in [-0.3, -0.25) is 4.79 Å². The van der Waals surface area contributed by atoms with E-state index in [-0.39, 0.29) is 11.5 Å². The van der Waals surface area contributed by atoms with Gasteiger partial charge in [0.15, 0.2) is 6.10 Å². The van der Waals surface area contributed by atoms with Gasteiger partial charge in [0.05, 0.1) is 6.61 Å². The minimum Gasteiger partial charge on any atom is -0.481 e. The number of amides is 1. The van der Waals surface area contributed by atoms with Crippen molar-refractivity contribution in [2.45, 2.75) is 33.3 Å². The molecule has 1 saturated heterocycles. The van der Waals surface area contributed by atoms with Gasteiger partial charge in [-0.15, -0.1) is 0 Å². The van der Waals surface area contributed by atoms with E-state index in [1.54, 1.807) is 30.9 Å². The zero-order chi connectivity index (χ0) is 18.0. The SMILES string of the molecule is Cc1c(C)c2ccc(OC(C)C(=O)N3CCCOCC3)cc2oc1=O. The van der Waals surface area contributed by atoms with Gasteiger partial charge in [0, 0.05) is 36.7 Å². The summed E-state index contributed by atoms with van der Waals surface area (Å²) in [5.74, 6) is 0.443. The average molecular weight is 345 g/mol. The van der Waals surface area contributed by atoms with Crippen LogP contribution in [0.15, 0.2) is 27.4 Å². The van der Waals surface area contributed by atoms with Crippen molar-refractivity contribution < 1.29 is 18.7 Å². The van der Waals surface area contributed by atoms with E-state index >= 15 is 0 Å². The molecule has 2 heterocycles. The van der Waals surface area contributed by atoms with E-state index in [1.165, 1.54) is 0 Å². The van der Waals surface area contributed by atoms with Gasteiger partial charge in [0.25, 0.3) is 5.91 Å². The fourth-order valence-electron chi connectivity index (χ4n) is 2.98. The monoisotopic (exact) mass is 345 g/mol. The van der Waals surface area contributed by atoms with Crippen LogP contribution >= 0.6 is 0 Å². The molecule has 25 heavy (non-hydrogen) atoms. The van der Waals surface area contributed by atoms with Gasteiger partial charge in [-0.2, -0.15) is 0 Å². The molecule has 1 aliphatic heterocycles. The molecule has 1 aliphatic rings. The molecule has 134 valence electrons. The Morgan fingerprint density at radius 1 is 1.20 bits per heavy atom. The lowest BCUT2D eigenvalue weighted by Crippen LogP contribution is -2.41. The Balaban J connectivity index is 1.79. The zero-order valence-corrected chi connectivity index (χ0v) is 14.8. The first-order valence-corrected chi connectivity index (χ1v) is 8.54. The first-order valence-electron chi connectivity index (χ1n) is 8.54. The van der Waals surface area contributed by atoms with Crippen LogP contribution in [0.2, 0.25) is 0 Å². The fourth-order valence-corrected chi connectivity index (χ4v) is 2.98. The lowest BCUT2D eigenvalue weighted by atomic mass is 10.1. The third-order valence-corrected chi connectivity index (χ3v) is 4.62. The molecule has 0 radical (unpaired) electrons. The van der Waals surface area contributed by atoms with Gasteiger partial charge in [0.2, 0.25) is 0 Å². The van der Waals surface area contributed by atoms with Gasteiger partial charge in [-0.1, -0.05) is 0 Å². The molecule has 0 N–H and O–H groups in total. The summed E-state index contributed by atoms with van der Waals surface area (Å²) >= 11 is 0. The molecule has 2 aromatic rings. The molecular weight excluding hydrogens is 322 g/mol. The zero-order valence-electron chi connectivity index (χ0n) is 14.8. The predicted octanol–water partition coefficient (Wildman–Crippen LogP) is 2.43. The smallest absolute Gasteiger partial charge is 0.339 e. The first kappa shape index (κ1) is 17.5. The second-order valence-electron chi connectivity index (χ2n) is 6.35. The van der Waals surface area contributed by atoms with Crippen LogP contribution in [0, 0.1) is 13.8 Å². The minimum atomic E-state index is -0.617. The van der Waals surface area contributed by atoms with Crippen LogP contribution in [0.4, 0.5) is 0 Å². The Morgan fingerprint density at radius 2 is 2.00 bits per heavy atom. The summed E-state index contributed by atoms with van der Waals surface area (Å²) in [5, 5.41) is 0.869. The van der Waals surface area contributed by atoms with Crippen molar-refractivity contribution >= 4 is 16.9 Å². The molecule has 1 amide bonds. The summed E-state index contributed by atoms with van der Waals surface area (Å²) in [6.45, 7) is 7.86.